The summed E-state index contributed by atoms with van der Waals surface area (Å²) >= 11 is 0. The van der Waals surface area contributed by atoms with Crippen molar-refractivity contribution in [2.45, 2.75) is 64.1 Å². The number of carbonyl (C=O) groups excluding carboxylic acids is 1. The van der Waals surface area contributed by atoms with Crippen molar-refractivity contribution in [2.75, 3.05) is 19.6 Å². The van der Waals surface area contributed by atoms with Gasteiger partial charge in [-0.15, -0.1) is 0 Å². The fraction of sp³-hybridized carbons (Fsp3) is 0.667. The third kappa shape index (κ3) is 4.62. The zero-order chi connectivity index (χ0) is 18.1. The van der Waals surface area contributed by atoms with Gasteiger partial charge in [0.2, 0.25) is 0 Å². The fourth-order valence-electron chi connectivity index (χ4n) is 3.62. The summed E-state index contributed by atoms with van der Waals surface area (Å²) in [6.07, 6.45) is 2.99. The molecule has 2 aliphatic rings. The lowest BCUT2D eigenvalue weighted by atomic mass is 10.1. The van der Waals surface area contributed by atoms with Gasteiger partial charge in [0.05, 0.1) is 0 Å². The second kappa shape index (κ2) is 7.08. The monoisotopic (exact) mass is 344 g/mol. The second-order valence-electron chi connectivity index (χ2n) is 8.70. The Morgan fingerprint density at radius 1 is 1.32 bits per heavy atom. The molecule has 138 valence electrons. The van der Waals surface area contributed by atoms with Crippen molar-refractivity contribution in [2.24, 2.45) is 5.92 Å². The highest BCUT2D eigenvalue weighted by atomic mass is 16.6. The van der Waals surface area contributed by atoms with Gasteiger partial charge in [-0.1, -0.05) is 30.3 Å². The van der Waals surface area contributed by atoms with E-state index in [9.17, 15) is 4.79 Å². The van der Waals surface area contributed by atoms with Crippen molar-refractivity contribution < 1.29 is 9.53 Å². The molecule has 1 aliphatic carbocycles. The molecule has 0 unspecified atom stereocenters. The SMILES string of the molecule is C[C@H](c1ccccc1)N1CC[C@H](CNC2(C(=O)OC(C)(C)C)CC2)C1. The molecule has 1 aromatic rings. The molecule has 3 rings (SSSR count). The Morgan fingerprint density at radius 2 is 2.00 bits per heavy atom. The Balaban J connectivity index is 1.48. The maximum atomic E-state index is 12.4. The molecule has 1 aliphatic heterocycles. The maximum absolute atomic E-state index is 12.4. The molecule has 0 bridgehead atoms. The molecule has 1 saturated heterocycles. The Hall–Kier alpha value is -1.39. The van der Waals surface area contributed by atoms with Gasteiger partial charge in [0.15, 0.2) is 0 Å². The number of hydrogen-bond donors (Lipinski definition) is 1. The van der Waals surface area contributed by atoms with Gasteiger partial charge in [0.25, 0.3) is 0 Å². The van der Waals surface area contributed by atoms with Gasteiger partial charge in [-0.2, -0.15) is 0 Å². The summed E-state index contributed by atoms with van der Waals surface area (Å²) < 4.78 is 5.59. The van der Waals surface area contributed by atoms with E-state index in [0.29, 0.717) is 12.0 Å². The lowest BCUT2D eigenvalue weighted by Gasteiger charge is -2.26. The molecule has 0 aromatic heterocycles. The number of nitrogens with zero attached hydrogens (tertiary/aromatic N) is 1. The highest BCUT2D eigenvalue weighted by molar-refractivity contribution is 5.84. The number of nitrogens with one attached hydrogen (secondary N) is 1. The van der Waals surface area contributed by atoms with E-state index >= 15 is 0 Å². The van der Waals surface area contributed by atoms with Crippen LogP contribution in [0.4, 0.5) is 0 Å². The van der Waals surface area contributed by atoms with Gasteiger partial charge in [0.1, 0.15) is 11.1 Å². The van der Waals surface area contributed by atoms with Crippen molar-refractivity contribution >= 4 is 5.97 Å². The minimum atomic E-state index is -0.413. The van der Waals surface area contributed by atoms with Crippen LogP contribution in [0.2, 0.25) is 0 Å². The van der Waals surface area contributed by atoms with Crippen LogP contribution in [0, 0.1) is 5.92 Å². The molecule has 4 nitrogen and oxygen atoms in total. The van der Waals surface area contributed by atoms with E-state index in [1.165, 1.54) is 12.0 Å². The third-order valence-electron chi connectivity index (χ3n) is 5.42. The third-order valence-corrected chi connectivity index (χ3v) is 5.42. The van der Waals surface area contributed by atoms with E-state index in [-0.39, 0.29) is 5.97 Å². The lowest BCUT2D eigenvalue weighted by molar-refractivity contribution is -0.158. The van der Waals surface area contributed by atoms with Crippen molar-refractivity contribution in [1.29, 1.82) is 0 Å². The van der Waals surface area contributed by atoms with Crippen LogP contribution in [0.3, 0.4) is 0 Å². The van der Waals surface area contributed by atoms with E-state index < -0.39 is 11.1 Å². The molecule has 0 spiro atoms. The van der Waals surface area contributed by atoms with Gasteiger partial charge in [0, 0.05) is 19.1 Å². The van der Waals surface area contributed by atoms with E-state index in [1.54, 1.807) is 0 Å². The van der Waals surface area contributed by atoms with Crippen LogP contribution in [0.1, 0.15) is 58.6 Å². The van der Waals surface area contributed by atoms with Crippen molar-refractivity contribution in [3.8, 4) is 0 Å². The molecule has 2 fully saturated rings. The van der Waals surface area contributed by atoms with Gasteiger partial charge in [-0.05, 0) is 65.0 Å². The first-order chi connectivity index (χ1) is 11.8. The first-order valence-corrected chi connectivity index (χ1v) is 9.57. The molecule has 1 N–H and O–H groups in total. The molecule has 1 heterocycles. The normalized spacial score (nSPS) is 24.1. The second-order valence-corrected chi connectivity index (χ2v) is 8.70. The molecular weight excluding hydrogens is 312 g/mol. The van der Waals surface area contributed by atoms with E-state index in [4.69, 9.17) is 4.74 Å². The molecule has 0 amide bonds. The lowest BCUT2D eigenvalue weighted by Crippen LogP contribution is -2.45. The van der Waals surface area contributed by atoms with E-state index in [2.05, 4.69) is 47.5 Å². The number of ether oxygens (including phenoxy) is 1. The van der Waals surface area contributed by atoms with Crippen molar-refractivity contribution in [3.05, 3.63) is 35.9 Å². The summed E-state index contributed by atoms with van der Waals surface area (Å²) in [6.45, 7) is 11.2. The highest BCUT2D eigenvalue weighted by Crippen LogP contribution is 2.38. The number of benzene rings is 1. The summed E-state index contributed by atoms with van der Waals surface area (Å²) in [5.74, 6) is 0.526. The van der Waals surface area contributed by atoms with Crippen molar-refractivity contribution in [3.63, 3.8) is 0 Å². The van der Waals surface area contributed by atoms with E-state index in [0.717, 1.165) is 32.5 Å². The molecule has 1 aromatic carbocycles. The number of hydrogen-bond acceptors (Lipinski definition) is 4. The molecule has 0 radical (unpaired) electrons. The minimum Gasteiger partial charge on any atom is -0.459 e. The maximum Gasteiger partial charge on any atom is 0.326 e. The predicted molar refractivity (Wildman–Crippen MR) is 100 cm³/mol. The van der Waals surface area contributed by atoms with Crippen molar-refractivity contribution in [1.82, 2.24) is 10.2 Å². The van der Waals surface area contributed by atoms with Crippen LogP contribution in [0.25, 0.3) is 0 Å². The van der Waals surface area contributed by atoms with Crippen LogP contribution in [0.5, 0.6) is 0 Å². The average Bonchev–Trinajstić information content (AvgIpc) is 3.22. The van der Waals surface area contributed by atoms with Crippen LogP contribution < -0.4 is 5.32 Å². The van der Waals surface area contributed by atoms with Gasteiger partial charge in [-0.3, -0.25) is 9.69 Å². The largest absolute Gasteiger partial charge is 0.459 e. The van der Waals surface area contributed by atoms with Crippen LogP contribution in [-0.4, -0.2) is 41.6 Å². The molecule has 4 heteroatoms. The predicted octanol–water partition coefficient (Wildman–Crippen LogP) is 3.53. The topological polar surface area (TPSA) is 41.6 Å². The van der Waals surface area contributed by atoms with Crippen LogP contribution >= 0.6 is 0 Å². The first-order valence-electron chi connectivity index (χ1n) is 9.57. The Kier molecular flexibility index (Phi) is 5.21. The standard InChI is InChI=1S/C21H32N2O2/c1-16(18-8-6-5-7-9-18)23-13-10-17(15-23)14-22-21(11-12-21)19(24)25-20(2,3)4/h5-9,16-17,22H,10-15H2,1-4H3/t16-,17-/m1/s1. The summed E-state index contributed by atoms with van der Waals surface area (Å²) in [5.41, 5.74) is 0.554. The summed E-state index contributed by atoms with van der Waals surface area (Å²) in [6, 6.07) is 11.2. The van der Waals surface area contributed by atoms with Gasteiger partial charge in [-0.25, -0.2) is 0 Å². The Morgan fingerprint density at radius 3 is 2.60 bits per heavy atom. The minimum absolute atomic E-state index is 0.0764. The fourth-order valence-corrected chi connectivity index (χ4v) is 3.62. The van der Waals surface area contributed by atoms with Crippen LogP contribution in [-0.2, 0) is 9.53 Å². The average molecular weight is 344 g/mol. The first kappa shape index (κ1) is 18.4. The quantitative estimate of drug-likeness (QED) is 0.802. The molecule has 25 heavy (non-hydrogen) atoms. The Labute approximate surface area is 151 Å². The summed E-state index contributed by atoms with van der Waals surface area (Å²) in [4.78, 5) is 15.0. The summed E-state index contributed by atoms with van der Waals surface area (Å²) in [7, 11) is 0. The number of rotatable bonds is 6. The zero-order valence-electron chi connectivity index (χ0n) is 16.0. The van der Waals surface area contributed by atoms with Crippen LogP contribution in [0.15, 0.2) is 30.3 Å². The summed E-state index contributed by atoms with van der Waals surface area (Å²) in [5, 5.41) is 3.53. The molecule has 2 atom stereocenters. The molecular formula is C21H32N2O2. The van der Waals surface area contributed by atoms with Gasteiger partial charge >= 0.3 is 5.97 Å². The number of likely N-dealkylation sites (tertiary alicyclic amines) is 1. The smallest absolute Gasteiger partial charge is 0.326 e. The zero-order valence-corrected chi connectivity index (χ0v) is 16.0. The van der Waals surface area contributed by atoms with E-state index in [1.807, 2.05) is 20.8 Å². The number of esters is 1. The number of carbonyl (C=O) groups is 1. The highest BCUT2D eigenvalue weighted by Gasteiger charge is 2.52. The molecule has 1 saturated carbocycles. The Bertz CT molecular complexity index is 590. The van der Waals surface area contributed by atoms with Gasteiger partial charge < -0.3 is 10.1 Å².